The van der Waals surface area contributed by atoms with Crippen LogP contribution in [0.1, 0.15) is 0 Å². The van der Waals surface area contributed by atoms with Gasteiger partial charge in [0.1, 0.15) is 0 Å². The summed E-state index contributed by atoms with van der Waals surface area (Å²) in [7, 11) is -1.40. The van der Waals surface area contributed by atoms with Crippen molar-refractivity contribution in [2.24, 2.45) is 0 Å². The van der Waals surface area contributed by atoms with Crippen molar-refractivity contribution >= 4 is 103 Å². The van der Waals surface area contributed by atoms with Crippen molar-refractivity contribution in [2.75, 3.05) is 0 Å². The molecule has 0 aliphatic rings. The summed E-state index contributed by atoms with van der Waals surface area (Å²) < 4.78 is 3.33. The number of rotatable bonds is 2. The van der Waals surface area contributed by atoms with E-state index in [1.54, 1.807) is 6.07 Å². The van der Waals surface area contributed by atoms with Gasteiger partial charge >= 0.3 is 7.12 Å². The summed E-state index contributed by atoms with van der Waals surface area (Å²) in [5.41, 5.74) is 3.06. The standard InChI is InChI=1S/C20H13Br.C10H9BO2.C10H6Br2/c21-20-13-16-8-2-1-7-15(16)12-19(20)18-11-5-9-14-6-3-4-10-17(14)18;12-11(13)10-7-3-5-8-4-1-2-6-9(8)10;11-9-5-7-3-1-2-4-8(7)6-10(9)12/h1-13H;1-7,12-13H;1-6H. The van der Waals surface area contributed by atoms with Crippen LogP contribution in [-0.4, -0.2) is 17.2 Å². The van der Waals surface area contributed by atoms with E-state index in [1.807, 2.05) is 48.5 Å². The Labute approximate surface area is 293 Å². The van der Waals surface area contributed by atoms with E-state index < -0.39 is 7.12 Å². The maximum atomic E-state index is 9.08. The topological polar surface area (TPSA) is 40.5 Å². The molecule has 0 unspecified atom stereocenters. The van der Waals surface area contributed by atoms with Crippen LogP contribution >= 0.6 is 47.8 Å². The van der Waals surface area contributed by atoms with E-state index in [0.29, 0.717) is 5.46 Å². The van der Waals surface area contributed by atoms with Gasteiger partial charge in [-0.15, -0.1) is 0 Å². The van der Waals surface area contributed by atoms with Crippen LogP contribution in [0, 0.1) is 0 Å². The first kappa shape index (κ1) is 32.2. The molecule has 6 heteroatoms. The summed E-state index contributed by atoms with van der Waals surface area (Å²) in [6.45, 7) is 0. The fourth-order valence-corrected chi connectivity index (χ4v) is 6.84. The van der Waals surface area contributed by atoms with Crippen LogP contribution in [-0.2, 0) is 0 Å². The zero-order chi connectivity index (χ0) is 32.0. The van der Waals surface area contributed by atoms with Gasteiger partial charge in [0, 0.05) is 13.4 Å². The highest BCUT2D eigenvalue weighted by Gasteiger charge is 2.13. The minimum absolute atomic E-state index is 0.554. The second kappa shape index (κ2) is 14.8. The van der Waals surface area contributed by atoms with Gasteiger partial charge in [0.2, 0.25) is 0 Å². The maximum absolute atomic E-state index is 9.08. The molecule has 8 aromatic carbocycles. The SMILES string of the molecule is Brc1cc2ccccc2cc1-c1cccc2ccccc12.Brc1cc2ccccc2cc1Br.OB(O)c1cccc2ccccc12. The Hall–Kier alpha value is -3.78. The third-order valence-electron chi connectivity index (χ3n) is 7.81. The van der Waals surface area contributed by atoms with E-state index in [2.05, 4.69) is 151 Å². The zero-order valence-electron chi connectivity index (χ0n) is 24.6. The molecule has 46 heavy (non-hydrogen) atoms. The summed E-state index contributed by atoms with van der Waals surface area (Å²) in [6, 6.07) is 53.6. The minimum Gasteiger partial charge on any atom is -0.423 e. The highest BCUT2D eigenvalue weighted by molar-refractivity contribution is 9.13. The predicted molar refractivity (Wildman–Crippen MR) is 208 cm³/mol. The monoisotopic (exact) mass is 788 g/mol. The van der Waals surface area contributed by atoms with Crippen LogP contribution in [0.25, 0.3) is 54.2 Å². The van der Waals surface area contributed by atoms with Gasteiger partial charge in [-0.25, -0.2) is 0 Å². The van der Waals surface area contributed by atoms with Crippen molar-refractivity contribution < 1.29 is 10.0 Å². The molecule has 0 aliphatic heterocycles. The number of hydrogen-bond acceptors (Lipinski definition) is 2. The Bertz CT molecular complexity index is 2250. The predicted octanol–water partition coefficient (Wildman–Crippen LogP) is 11.3. The highest BCUT2D eigenvalue weighted by Crippen LogP contribution is 2.36. The third-order valence-corrected chi connectivity index (χ3v) is 10.3. The Morgan fingerprint density at radius 1 is 0.348 bits per heavy atom. The van der Waals surface area contributed by atoms with Crippen LogP contribution in [0.5, 0.6) is 0 Å². The first-order valence-corrected chi connectivity index (χ1v) is 17.1. The van der Waals surface area contributed by atoms with E-state index in [4.69, 9.17) is 10.0 Å². The molecule has 0 aliphatic carbocycles. The van der Waals surface area contributed by atoms with Gasteiger partial charge in [-0.2, -0.15) is 0 Å². The Morgan fingerprint density at radius 2 is 0.739 bits per heavy atom. The van der Waals surface area contributed by atoms with E-state index in [1.165, 1.54) is 43.4 Å². The van der Waals surface area contributed by atoms with Crippen LogP contribution in [0.2, 0.25) is 0 Å². The summed E-state index contributed by atoms with van der Waals surface area (Å²) >= 11 is 10.7. The highest BCUT2D eigenvalue weighted by atomic mass is 79.9. The lowest BCUT2D eigenvalue weighted by atomic mass is 9.77. The molecule has 8 aromatic rings. The van der Waals surface area contributed by atoms with Crippen molar-refractivity contribution in [1.82, 2.24) is 0 Å². The number of benzene rings is 8. The molecule has 2 N–H and O–H groups in total. The van der Waals surface area contributed by atoms with E-state index >= 15 is 0 Å². The van der Waals surface area contributed by atoms with Gasteiger partial charge in [-0.3, -0.25) is 0 Å². The summed E-state index contributed by atoms with van der Waals surface area (Å²) in [6.07, 6.45) is 0. The average molecular weight is 791 g/mol. The fraction of sp³-hybridized carbons (Fsp3) is 0. The van der Waals surface area contributed by atoms with Gasteiger partial charge < -0.3 is 10.0 Å². The third kappa shape index (κ3) is 7.28. The molecule has 0 amide bonds. The quantitative estimate of drug-likeness (QED) is 0.171. The normalized spacial score (nSPS) is 10.7. The molecule has 224 valence electrons. The summed E-state index contributed by atoms with van der Waals surface area (Å²) in [5.74, 6) is 0. The fourth-order valence-electron chi connectivity index (χ4n) is 5.54. The van der Waals surface area contributed by atoms with E-state index in [-0.39, 0.29) is 0 Å². The Kier molecular flexibility index (Phi) is 10.3. The molecule has 0 atom stereocenters. The first-order chi connectivity index (χ1) is 22.4. The van der Waals surface area contributed by atoms with Gasteiger partial charge in [0.05, 0.1) is 0 Å². The second-order valence-electron chi connectivity index (χ2n) is 10.8. The van der Waals surface area contributed by atoms with Crippen molar-refractivity contribution in [3.8, 4) is 11.1 Å². The van der Waals surface area contributed by atoms with Gasteiger partial charge in [0.15, 0.2) is 0 Å². The molecule has 0 spiro atoms. The van der Waals surface area contributed by atoms with Crippen molar-refractivity contribution in [2.45, 2.75) is 0 Å². The van der Waals surface area contributed by atoms with E-state index in [0.717, 1.165) is 24.2 Å². The molecular weight excluding hydrogens is 763 g/mol. The molecule has 0 bridgehead atoms. The Balaban J connectivity index is 0.000000129. The average Bonchev–Trinajstić information content (AvgIpc) is 3.08. The lowest BCUT2D eigenvalue weighted by Crippen LogP contribution is -2.30. The van der Waals surface area contributed by atoms with Crippen molar-refractivity contribution in [3.05, 3.63) is 171 Å². The van der Waals surface area contributed by atoms with Crippen molar-refractivity contribution in [3.63, 3.8) is 0 Å². The lowest BCUT2D eigenvalue weighted by Gasteiger charge is -2.10. The van der Waals surface area contributed by atoms with Gasteiger partial charge in [-0.1, -0.05) is 149 Å². The summed E-state index contributed by atoms with van der Waals surface area (Å²) in [4.78, 5) is 0. The number of hydrogen-bond donors (Lipinski definition) is 2. The maximum Gasteiger partial charge on any atom is 0.489 e. The van der Waals surface area contributed by atoms with E-state index in [9.17, 15) is 0 Å². The van der Waals surface area contributed by atoms with Crippen LogP contribution in [0.15, 0.2) is 171 Å². The summed E-state index contributed by atoms with van der Waals surface area (Å²) in [5, 5.41) is 27.7. The number of halogens is 3. The molecule has 8 rings (SSSR count). The molecule has 0 saturated carbocycles. The zero-order valence-corrected chi connectivity index (χ0v) is 29.4. The molecule has 0 heterocycles. The second-order valence-corrected chi connectivity index (χ2v) is 13.3. The number of fused-ring (bicyclic) bond motifs is 4. The molecule has 2 nitrogen and oxygen atoms in total. The van der Waals surface area contributed by atoms with Gasteiger partial charge in [-0.05, 0) is 116 Å². The minimum atomic E-state index is -1.40. The molecular formula is C40H28BBr3O2. The molecule has 0 aromatic heterocycles. The molecule has 0 fully saturated rings. The van der Waals surface area contributed by atoms with Gasteiger partial charge in [0.25, 0.3) is 0 Å². The Morgan fingerprint density at radius 3 is 1.28 bits per heavy atom. The van der Waals surface area contributed by atoms with Crippen LogP contribution in [0.4, 0.5) is 0 Å². The molecule has 0 saturated heterocycles. The van der Waals surface area contributed by atoms with Crippen LogP contribution in [0.3, 0.4) is 0 Å². The van der Waals surface area contributed by atoms with Crippen molar-refractivity contribution in [1.29, 1.82) is 0 Å². The smallest absolute Gasteiger partial charge is 0.423 e. The lowest BCUT2D eigenvalue weighted by molar-refractivity contribution is 0.426. The molecule has 0 radical (unpaired) electrons. The van der Waals surface area contributed by atoms with Crippen LogP contribution < -0.4 is 5.46 Å². The first-order valence-electron chi connectivity index (χ1n) is 14.7. The largest absolute Gasteiger partial charge is 0.489 e.